The van der Waals surface area contributed by atoms with Gasteiger partial charge < -0.3 is 0 Å². The highest BCUT2D eigenvalue weighted by Crippen LogP contribution is 1.86. The normalized spacial score (nSPS) is 8.75. The van der Waals surface area contributed by atoms with Crippen LogP contribution in [0.2, 0.25) is 0 Å². The van der Waals surface area contributed by atoms with E-state index in [9.17, 15) is 9.59 Å². The van der Waals surface area contributed by atoms with Crippen LogP contribution in [0.4, 0.5) is 0 Å². The van der Waals surface area contributed by atoms with Crippen molar-refractivity contribution in [2.24, 2.45) is 0 Å². The van der Waals surface area contributed by atoms with Gasteiger partial charge in [-0.05, 0) is 0 Å². The first-order valence-electron chi connectivity index (χ1n) is 1.90. The Labute approximate surface area is 60.3 Å². The lowest BCUT2D eigenvalue weighted by atomic mass is 10.3. The van der Waals surface area contributed by atoms with Crippen molar-refractivity contribution >= 4 is 39.1 Å². The van der Waals surface area contributed by atoms with E-state index in [1.165, 1.54) is 0 Å². The van der Waals surface area contributed by atoms with Crippen LogP contribution >= 0.6 is 27.5 Å². The number of ketones is 2. The summed E-state index contributed by atoms with van der Waals surface area (Å²) in [7, 11) is 0. The highest BCUT2D eigenvalue weighted by Gasteiger charge is 2.08. The van der Waals surface area contributed by atoms with Gasteiger partial charge in [-0.15, -0.1) is 11.6 Å². The van der Waals surface area contributed by atoms with E-state index in [0.29, 0.717) is 0 Å². The Morgan fingerprint density at radius 3 is 2.00 bits per heavy atom. The third-order valence-electron chi connectivity index (χ3n) is 0.554. The second-order valence-electron chi connectivity index (χ2n) is 1.11. The molecule has 0 aromatic heterocycles. The first kappa shape index (κ1) is 8.11. The number of hydrogen-bond donors (Lipinski definition) is 0. The summed E-state index contributed by atoms with van der Waals surface area (Å²) in [4.78, 5) is 20.5. The second-order valence-corrected chi connectivity index (χ2v) is 1.94. The third-order valence-corrected chi connectivity index (χ3v) is 1.31. The van der Waals surface area contributed by atoms with Gasteiger partial charge in [0.05, 0.1) is 11.2 Å². The molecule has 0 rings (SSSR count). The molecule has 0 radical (unpaired) electrons. The molecule has 0 aromatic carbocycles. The number of hydrogen-bond acceptors (Lipinski definition) is 2. The topological polar surface area (TPSA) is 34.1 Å². The SMILES string of the molecule is O=C(CCl)C(=O)CBr. The van der Waals surface area contributed by atoms with Gasteiger partial charge in [0.2, 0.25) is 11.6 Å². The molecule has 0 N–H and O–H groups in total. The maximum absolute atomic E-state index is 10.3. The first-order valence-corrected chi connectivity index (χ1v) is 3.56. The van der Waals surface area contributed by atoms with Crippen LogP contribution in [0.1, 0.15) is 0 Å². The lowest BCUT2D eigenvalue weighted by Crippen LogP contribution is -2.15. The Bertz CT molecular complexity index is 98.6. The maximum Gasteiger partial charge on any atom is 0.213 e. The predicted octanol–water partition coefficient (Wildman–Crippen LogP) is 0.758. The van der Waals surface area contributed by atoms with E-state index in [-0.39, 0.29) is 11.2 Å². The average molecular weight is 199 g/mol. The van der Waals surface area contributed by atoms with Crippen molar-refractivity contribution in [1.29, 1.82) is 0 Å². The van der Waals surface area contributed by atoms with Crippen molar-refractivity contribution in [2.75, 3.05) is 11.2 Å². The van der Waals surface area contributed by atoms with Gasteiger partial charge in [0.25, 0.3) is 0 Å². The zero-order valence-electron chi connectivity index (χ0n) is 3.99. The van der Waals surface area contributed by atoms with E-state index in [4.69, 9.17) is 11.6 Å². The minimum atomic E-state index is -0.538. The van der Waals surface area contributed by atoms with Gasteiger partial charge >= 0.3 is 0 Å². The number of halogens is 2. The van der Waals surface area contributed by atoms with E-state index in [2.05, 4.69) is 15.9 Å². The molecule has 8 heavy (non-hydrogen) atoms. The minimum absolute atomic E-state index is 0.0680. The van der Waals surface area contributed by atoms with Crippen LogP contribution in [0.5, 0.6) is 0 Å². The van der Waals surface area contributed by atoms with Crippen molar-refractivity contribution in [3.63, 3.8) is 0 Å². The van der Waals surface area contributed by atoms with Crippen LogP contribution in [-0.4, -0.2) is 22.8 Å². The first-order chi connectivity index (χ1) is 3.72. The molecule has 0 unspecified atom stereocenters. The summed E-state index contributed by atoms with van der Waals surface area (Å²) in [6.45, 7) is 0. The Balaban J connectivity index is 3.64. The smallest absolute Gasteiger partial charge is 0.213 e. The summed E-state index contributed by atoms with van der Waals surface area (Å²) in [6.07, 6.45) is 0. The molecular formula is C4H4BrClO2. The summed E-state index contributed by atoms with van der Waals surface area (Å²) in [5, 5.41) is 0.0680. The number of carbonyl (C=O) groups is 2. The molecule has 0 amide bonds. The van der Waals surface area contributed by atoms with Crippen LogP contribution in [0, 0.1) is 0 Å². The lowest BCUT2D eigenvalue weighted by molar-refractivity contribution is -0.133. The number of rotatable bonds is 3. The molecule has 0 spiro atoms. The summed E-state index contributed by atoms with van der Waals surface area (Å²) >= 11 is 7.86. The van der Waals surface area contributed by atoms with Gasteiger partial charge in [0, 0.05) is 0 Å². The summed E-state index contributed by atoms with van der Waals surface area (Å²) in [5.74, 6) is -1.23. The van der Waals surface area contributed by atoms with Gasteiger partial charge in [0.1, 0.15) is 0 Å². The van der Waals surface area contributed by atoms with Gasteiger partial charge in [-0.1, -0.05) is 15.9 Å². The number of Topliss-reactive ketones (excluding diaryl/α,β-unsaturated/α-hetero) is 2. The predicted molar refractivity (Wildman–Crippen MR) is 34.5 cm³/mol. The van der Waals surface area contributed by atoms with E-state index in [1.807, 2.05) is 0 Å². The Kier molecular flexibility index (Phi) is 4.09. The molecule has 0 saturated carbocycles. The minimum Gasteiger partial charge on any atom is -0.290 e. The van der Waals surface area contributed by atoms with Crippen molar-refractivity contribution < 1.29 is 9.59 Å². The van der Waals surface area contributed by atoms with Gasteiger partial charge in [-0.2, -0.15) is 0 Å². The fraction of sp³-hybridized carbons (Fsp3) is 0.500. The molecule has 0 bridgehead atoms. The van der Waals surface area contributed by atoms with E-state index < -0.39 is 11.6 Å². The second kappa shape index (κ2) is 4.04. The number of alkyl halides is 2. The molecule has 4 heteroatoms. The zero-order valence-corrected chi connectivity index (χ0v) is 6.33. The van der Waals surface area contributed by atoms with Gasteiger partial charge in [-0.25, -0.2) is 0 Å². The fourth-order valence-electron chi connectivity index (χ4n) is 0.149. The molecule has 0 aromatic rings. The fourth-order valence-corrected chi connectivity index (χ4v) is 0.611. The number of carbonyl (C=O) groups excluding carboxylic acids is 2. The van der Waals surface area contributed by atoms with Crippen LogP contribution in [0.15, 0.2) is 0 Å². The quantitative estimate of drug-likeness (QED) is 0.497. The van der Waals surface area contributed by atoms with E-state index in [1.54, 1.807) is 0 Å². The molecule has 0 aliphatic heterocycles. The Morgan fingerprint density at radius 2 is 1.88 bits per heavy atom. The molecule has 0 fully saturated rings. The molecule has 0 heterocycles. The van der Waals surface area contributed by atoms with E-state index >= 15 is 0 Å². The van der Waals surface area contributed by atoms with Crippen LogP contribution < -0.4 is 0 Å². The molecule has 0 aliphatic rings. The molecule has 0 atom stereocenters. The zero-order chi connectivity index (χ0) is 6.57. The standard InChI is InChI=1S/C4H4BrClO2/c5-1-3(7)4(8)2-6/h1-2H2. The summed E-state index contributed by atoms with van der Waals surface area (Å²) in [5.41, 5.74) is 0. The molecular weight excluding hydrogens is 195 g/mol. The highest BCUT2D eigenvalue weighted by molar-refractivity contribution is 9.09. The summed E-state index contributed by atoms with van der Waals surface area (Å²) < 4.78 is 0. The lowest BCUT2D eigenvalue weighted by Gasteiger charge is -1.85. The third kappa shape index (κ3) is 2.43. The molecule has 0 saturated heterocycles. The van der Waals surface area contributed by atoms with Crippen molar-refractivity contribution in [2.45, 2.75) is 0 Å². The highest BCUT2D eigenvalue weighted by atomic mass is 79.9. The Hall–Kier alpha value is 0.110. The van der Waals surface area contributed by atoms with Crippen LogP contribution in [0.3, 0.4) is 0 Å². The van der Waals surface area contributed by atoms with Crippen molar-refractivity contribution in [1.82, 2.24) is 0 Å². The molecule has 46 valence electrons. The van der Waals surface area contributed by atoms with Gasteiger partial charge in [-0.3, -0.25) is 9.59 Å². The maximum atomic E-state index is 10.3. The van der Waals surface area contributed by atoms with Crippen LogP contribution in [0.25, 0.3) is 0 Å². The van der Waals surface area contributed by atoms with Crippen molar-refractivity contribution in [3.8, 4) is 0 Å². The largest absolute Gasteiger partial charge is 0.290 e. The molecule has 2 nitrogen and oxygen atoms in total. The average Bonchev–Trinajstić information content (AvgIpc) is 1.84. The van der Waals surface area contributed by atoms with Crippen LogP contribution in [-0.2, 0) is 9.59 Å². The monoisotopic (exact) mass is 198 g/mol. The van der Waals surface area contributed by atoms with Crippen molar-refractivity contribution in [3.05, 3.63) is 0 Å². The molecule has 0 aliphatic carbocycles. The Morgan fingerprint density at radius 1 is 1.38 bits per heavy atom. The van der Waals surface area contributed by atoms with Gasteiger partial charge in [0.15, 0.2) is 0 Å². The summed E-state index contributed by atoms with van der Waals surface area (Å²) in [6, 6.07) is 0. The van der Waals surface area contributed by atoms with E-state index in [0.717, 1.165) is 0 Å².